The quantitative estimate of drug-likeness (QED) is 0.101. The smallest absolute Gasteiger partial charge is 0.317 e. The van der Waals surface area contributed by atoms with Gasteiger partial charge in [0.15, 0.2) is 5.11 Å². The number of nitrogens with one attached hydrogen (secondary N) is 2. The Labute approximate surface area is 348 Å². The third-order valence-electron chi connectivity index (χ3n) is 10.0. The minimum absolute atomic E-state index is 0.0895. The predicted octanol–water partition coefficient (Wildman–Crippen LogP) is 1.78. The highest BCUT2D eigenvalue weighted by Crippen LogP contribution is 2.26. The molecule has 6 N–H and O–H groups in total. The van der Waals surface area contributed by atoms with Gasteiger partial charge in [-0.15, -0.1) is 0 Å². The van der Waals surface area contributed by atoms with Crippen molar-refractivity contribution in [3.63, 3.8) is 0 Å². The molecular weight excluding hydrogens is 779 g/mol. The van der Waals surface area contributed by atoms with Crippen LogP contribution in [-0.4, -0.2) is 160 Å². The average Bonchev–Trinajstić information content (AvgIpc) is 3.17. The van der Waals surface area contributed by atoms with Crippen LogP contribution in [0.1, 0.15) is 28.7 Å². The number of amides is 1. The van der Waals surface area contributed by atoms with E-state index in [1.807, 2.05) is 72.8 Å². The fraction of sp³-hybridized carbons (Fsp3) is 0.381. The largest absolute Gasteiger partial charge is 0.480 e. The van der Waals surface area contributed by atoms with Gasteiger partial charge in [0.05, 0.1) is 38.4 Å². The molecule has 3 aromatic rings. The molecule has 0 aromatic heterocycles. The van der Waals surface area contributed by atoms with Crippen LogP contribution >= 0.6 is 12.2 Å². The number of anilines is 2. The van der Waals surface area contributed by atoms with Gasteiger partial charge < -0.3 is 36.0 Å². The van der Waals surface area contributed by atoms with Gasteiger partial charge in [-0.25, -0.2) is 0 Å². The van der Waals surface area contributed by atoms with Crippen LogP contribution in [0.5, 0.6) is 0 Å². The maximum atomic E-state index is 13.6. The van der Waals surface area contributed by atoms with E-state index >= 15 is 0 Å². The number of para-hydroxylation sites is 1. The van der Waals surface area contributed by atoms with Crippen molar-refractivity contribution in [3.05, 3.63) is 95.1 Å². The van der Waals surface area contributed by atoms with Gasteiger partial charge in [0.2, 0.25) is 5.91 Å². The molecule has 1 amide bonds. The Morgan fingerprint density at radius 3 is 1.85 bits per heavy atom. The van der Waals surface area contributed by atoms with Crippen LogP contribution in [0.3, 0.4) is 0 Å². The standard InChI is InChI=1S/C42H49N7O9S/c50-37(49-24-33-7-2-1-5-31(33)11-12-32-6-3-4-8-36(32)49)15-16-43-42(59)44-34-13-9-30(10-14-34)23-35-25-47(28-40(55)56)20-19-45(26-38(51)52)17-18-46(27-39(53)54)21-22-48(35)29-41(57)58/h1-10,13-14,35H,15-29H2,(H,51,52)(H,53,54)(H,55,56)(H,57,58)(H2,43,44,59). The van der Waals surface area contributed by atoms with Crippen molar-refractivity contribution in [3.8, 4) is 11.8 Å². The highest BCUT2D eigenvalue weighted by atomic mass is 32.1. The lowest BCUT2D eigenvalue weighted by Gasteiger charge is -2.37. The van der Waals surface area contributed by atoms with Gasteiger partial charge in [0, 0.05) is 81.6 Å². The maximum Gasteiger partial charge on any atom is 0.317 e. The number of carbonyl (C=O) groups excluding carboxylic acids is 1. The van der Waals surface area contributed by atoms with Crippen molar-refractivity contribution in [1.82, 2.24) is 24.9 Å². The summed E-state index contributed by atoms with van der Waals surface area (Å²) < 4.78 is 0. The number of hydrogen-bond donors (Lipinski definition) is 6. The summed E-state index contributed by atoms with van der Waals surface area (Å²) in [5, 5.41) is 45.2. The molecule has 1 unspecified atom stereocenters. The molecule has 2 aliphatic heterocycles. The van der Waals surface area contributed by atoms with Crippen LogP contribution in [0.15, 0.2) is 72.8 Å². The molecule has 0 bridgehead atoms. The zero-order valence-electron chi connectivity index (χ0n) is 32.6. The lowest BCUT2D eigenvalue weighted by Crippen LogP contribution is -2.53. The molecule has 312 valence electrons. The summed E-state index contributed by atoms with van der Waals surface area (Å²) in [5.41, 5.74) is 4.86. The first kappa shape index (κ1) is 44.2. The molecule has 2 heterocycles. The number of carbonyl (C=O) groups is 5. The van der Waals surface area contributed by atoms with E-state index in [4.69, 9.17) is 12.2 Å². The average molecular weight is 828 g/mol. The Morgan fingerprint density at radius 1 is 0.661 bits per heavy atom. The number of nitrogens with zero attached hydrogens (tertiary/aromatic N) is 5. The molecule has 1 atom stereocenters. The Balaban J connectivity index is 1.24. The van der Waals surface area contributed by atoms with Crippen LogP contribution in [-0.2, 0) is 36.9 Å². The molecule has 5 rings (SSSR count). The first-order chi connectivity index (χ1) is 28.3. The van der Waals surface area contributed by atoms with Crippen LogP contribution in [0.25, 0.3) is 0 Å². The maximum absolute atomic E-state index is 13.6. The number of hydrogen-bond acceptors (Lipinski definition) is 10. The normalized spacial score (nSPS) is 16.9. The second kappa shape index (κ2) is 21.7. The van der Waals surface area contributed by atoms with E-state index in [2.05, 4.69) is 22.5 Å². The highest BCUT2D eigenvalue weighted by molar-refractivity contribution is 7.80. The van der Waals surface area contributed by atoms with E-state index in [-0.39, 0.29) is 90.9 Å². The van der Waals surface area contributed by atoms with Crippen molar-refractivity contribution in [2.24, 2.45) is 0 Å². The number of aliphatic carboxylic acids is 4. The van der Waals surface area contributed by atoms with Gasteiger partial charge in [-0.3, -0.25) is 43.6 Å². The van der Waals surface area contributed by atoms with E-state index in [0.29, 0.717) is 23.8 Å². The van der Waals surface area contributed by atoms with Gasteiger partial charge in [-0.2, -0.15) is 0 Å². The molecular formula is C42H49N7O9S. The summed E-state index contributed by atoms with van der Waals surface area (Å²) in [5.74, 6) is 2.05. The van der Waals surface area contributed by atoms with Crippen LogP contribution in [0.4, 0.5) is 11.4 Å². The lowest BCUT2D eigenvalue weighted by molar-refractivity contribution is -0.142. The number of carboxylic acid groups (broad SMARTS) is 4. The van der Waals surface area contributed by atoms with E-state index < -0.39 is 29.9 Å². The van der Waals surface area contributed by atoms with E-state index in [1.165, 1.54) is 0 Å². The molecule has 0 aliphatic carbocycles. The zero-order valence-corrected chi connectivity index (χ0v) is 33.4. The van der Waals surface area contributed by atoms with Crippen molar-refractivity contribution < 1.29 is 44.4 Å². The molecule has 0 saturated carbocycles. The van der Waals surface area contributed by atoms with Gasteiger partial charge in [-0.05, 0) is 60.1 Å². The Hall–Kier alpha value is -5.90. The fourth-order valence-electron chi connectivity index (χ4n) is 7.15. The predicted molar refractivity (Wildman–Crippen MR) is 224 cm³/mol. The molecule has 17 heteroatoms. The molecule has 0 radical (unpaired) electrons. The lowest BCUT2D eigenvalue weighted by atomic mass is 10.0. The summed E-state index contributed by atoms with van der Waals surface area (Å²) in [6, 6.07) is 22.2. The first-order valence-corrected chi connectivity index (χ1v) is 19.6. The minimum Gasteiger partial charge on any atom is -0.480 e. The van der Waals surface area contributed by atoms with Crippen molar-refractivity contribution in [2.45, 2.75) is 25.4 Å². The summed E-state index contributed by atoms with van der Waals surface area (Å²) in [7, 11) is 0. The van der Waals surface area contributed by atoms with E-state index in [1.54, 1.807) is 24.5 Å². The van der Waals surface area contributed by atoms with E-state index in [0.717, 1.165) is 27.9 Å². The second-order valence-electron chi connectivity index (χ2n) is 14.4. The molecule has 0 spiro atoms. The number of benzene rings is 3. The molecule has 16 nitrogen and oxygen atoms in total. The number of rotatable bonds is 14. The van der Waals surface area contributed by atoms with Crippen LogP contribution in [0, 0.1) is 11.8 Å². The third-order valence-corrected chi connectivity index (χ3v) is 10.3. The SMILES string of the molecule is O=C(O)CN1CCN(CC(=O)O)CCN(CC(=O)O)C(Cc2ccc(NC(=S)NCCC(=O)N3Cc4ccccc4C#Cc4ccccc43)cc2)CN(CC(=O)O)CC1. The molecule has 1 fully saturated rings. The third kappa shape index (κ3) is 14.2. The molecule has 59 heavy (non-hydrogen) atoms. The van der Waals surface area contributed by atoms with Gasteiger partial charge in [0.1, 0.15) is 0 Å². The van der Waals surface area contributed by atoms with Crippen molar-refractivity contribution in [1.29, 1.82) is 0 Å². The Kier molecular flexibility index (Phi) is 16.3. The Bertz CT molecular complexity index is 2060. The summed E-state index contributed by atoms with van der Waals surface area (Å²) in [6.45, 7) is 0.772. The molecule has 1 saturated heterocycles. The molecule has 3 aromatic carbocycles. The van der Waals surface area contributed by atoms with Gasteiger partial charge >= 0.3 is 23.9 Å². The number of thiocarbonyl (C=S) groups is 1. The number of fused-ring (bicyclic) bond motifs is 2. The zero-order chi connectivity index (χ0) is 42.3. The van der Waals surface area contributed by atoms with Crippen molar-refractivity contribution >= 4 is 58.5 Å². The first-order valence-electron chi connectivity index (χ1n) is 19.2. The number of carboxylic acids is 4. The van der Waals surface area contributed by atoms with Gasteiger partial charge in [-0.1, -0.05) is 54.3 Å². The minimum atomic E-state index is -1.09. The fourth-order valence-corrected chi connectivity index (χ4v) is 7.37. The van der Waals surface area contributed by atoms with Crippen LogP contribution < -0.4 is 15.5 Å². The molecule has 2 aliphatic rings. The second-order valence-corrected chi connectivity index (χ2v) is 14.8. The van der Waals surface area contributed by atoms with Crippen LogP contribution in [0.2, 0.25) is 0 Å². The topological polar surface area (TPSA) is 207 Å². The van der Waals surface area contributed by atoms with E-state index in [9.17, 15) is 44.4 Å². The summed E-state index contributed by atoms with van der Waals surface area (Å²) in [4.78, 5) is 69.3. The summed E-state index contributed by atoms with van der Waals surface area (Å²) >= 11 is 5.55. The highest BCUT2D eigenvalue weighted by Gasteiger charge is 2.28. The Morgan fingerprint density at radius 2 is 1.20 bits per heavy atom. The van der Waals surface area contributed by atoms with Gasteiger partial charge in [0.25, 0.3) is 0 Å². The van der Waals surface area contributed by atoms with Crippen molar-refractivity contribution in [2.75, 3.05) is 88.8 Å². The monoisotopic (exact) mass is 827 g/mol. The summed E-state index contributed by atoms with van der Waals surface area (Å²) in [6.07, 6.45) is 0.505.